The molecule has 0 amide bonds. The Bertz CT molecular complexity index is 1210. The van der Waals surface area contributed by atoms with E-state index in [-0.39, 0.29) is 11.5 Å². The van der Waals surface area contributed by atoms with Crippen molar-refractivity contribution in [2.24, 2.45) is 0 Å². The van der Waals surface area contributed by atoms with Gasteiger partial charge in [0.05, 0.1) is 4.90 Å². The molecule has 0 unspecified atom stereocenters. The molecule has 3 aromatic rings. The van der Waals surface area contributed by atoms with Crippen LogP contribution in [-0.4, -0.2) is 23.5 Å². The average molecular weight is 487 g/mol. The number of halogens is 4. The number of hydrogen-bond donors (Lipinski definition) is 1. The van der Waals surface area contributed by atoms with E-state index in [1.807, 2.05) is 31.2 Å². The van der Waals surface area contributed by atoms with Crippen LogP contribution in [0.5, 0.6) is 11.5 Å². The van der Waals surface area contributed by atoms with Gasteiger partial charge in [-0.25, -0.2) is 0 Å². The number of thioether (sulfide) groups is 1. The Morgan fingerprint density at radius 1 is 0.812 bits per heavy atom. The molecule has 3 rings (SSSR count). The van der Waals surface area contributed by atoms with E-state index >= 15 is 0 Å². The highest BCUT2D eigenvalue weighted by Gasteiger charge is 2.66. The van der Waals surface area contributed by atoms with Crippen LogP contribution in [-0.2, 0) is 10.1 Å². The molecule has 1 N–H and O–H groups in total. The van der Waals surface area contributed by atoms with Gasteiger partial charge in [0, 0.05) is 0 Å². The highest BCUT2D eigenvalue weighted by atomic mass is 32.2. The fourth-order valence-corrected chi connectivity index (χ4v) is 4.19. The zero-order valence-electron chi connectivity index (χ0n) is 16.9. The van der Waals surface area contributed by atoms with Gasteiger partial charge >= 0.3 is 20.6 Å². The van der Waals surface area contributed by atoms with E-state index in [0.717, 1.165) is 22.8 Å². The normalized spacial score (nSPS) is 12.6. The maximum atomic E-state index is 14.1. The maximum Gasteiger partial charge on any atom is 0.442 e. The number of alkyl halides is 4. The molecule has 0 atom stereocenters. The predicted molar refractivity (Wildman–Crippen MR) is 115 cm³/mol. The standard InChI is InChI=1S/C22H18F4O4S2/c1-14-3-6-16(7-4-14)17-8-10-18(11-9-17)30-19-13-15(2)5-12-20(19)31-21(23,24)22(25,26)32(27,28)29/h3-13H,1-2H3,(H,27,28,29). The summed E-state index contributed by atoms with van der Waals surface area (Å²) in [5.41, 5.74) is 3.55. The summed E-state index contributed by atoms with van der Waals surface area (Å²) in [6.45, 7) is 3.61. The molecule has 0 saturated heterocycles. The zero-order valence-corrected chi connectivity index (χ0v) is 18.5. The molecular formula is C22H18F4O4S2. The molecule has 10 heteroatoms. The molecule has 32 heavy (non-hydrogen) atoms. The molecule has 0 aliphatic heterocycles. The van der Waals surface area contributed by atoms with Gasteiger partial charge in [0.25, 0.3) is 0 Å². The third-order valence-electron chi connectivity index (χ3n) is 4.47. The Morgan fingerprint density at radius 2 is 1.31 bits per heavy atom. The lowest BCUT2D eigenvalue weighted by Crippen LogP contribution is -2.44. The molecule has 0 aliphatic carbocycles. The van der Waals surface area contributed by atoms with Crippen LogP contribution in [0.4, 0.5) is 17.6 Å². The first-order valence-corrected chi connectivity index (χ1v) is 11.4. The molecule has 0 aliphatic rings. The molecule has 0 bridgehead atoms. The van der Waals surface area contributed by atoms with Crippen LogP contribution in [0.15, 0.2) is 71.6 Å². The van der Waals surface area contributed by atoms with Crippen molar-refractivity contribution in [2.45, 2.75) is 29.3 Å². The van der Waals surface area contributed by atoms with E-state index in [2.05, 4.69) is 0 Å². The van der Waals surface area contributed by atoms with Gasteiger partial charge in [-0.05, 0) is 66.6 Å². The summed E-state index contributed by atoms with van der Waals surface area (Å²) in [6, 6.07) is 18.4. The molecule has 0 spiro atoms. The van der Waals surface area contributed by atoms with Crippen molar-refractivity contribution in [1.82, 2.24) is 0 Å². The van der Waals surface area contributed by atoms with Crippen molar-refractivity contribution in [1.29, 1.82) is 0 Å². The minimum atomic E-state index is -6.34. The van der Waals surface area contributed by atoms with Crippen LogP contribution >= 0.6 is 11.8 Å². The number of rotatable bonds is 7. The van der Waals surface area contributed by atoms with Gasteiger partial charge in [0.2, 0.25) is 0 Å². The summed E-state index contributed by atoms with van der Waals surface area (Å²) in [5.74, 6) is 0.0991. The van der Waals surface area contributed by atoms with Crippen LogP contribution in [0.3, 0.4) is 0 Å². The predicted octanol–water partition coefficient (Wildman–Crippen LogP) is 6.93. The summed E-state index contributed by atoms with van der Waals surface area (Å²) in [4.78, 5) is -0.425. The van der Waals surface area contributed by atoms with Crippen LogP contribution in [0.1, 0.15) is 11.1 Å². The maximum absolute atomic E-state index is 14.1. The van der Waals surface area contributed by atoms with E-state index < -0.39 is 37.3 Å². The van der Waals surface area contributed by atoms with Crippen LogP contribution in [0, 0.1) is 13.8 Å². The third kappa shape index (κ3) is 5.08. The van der Waals surface area contributed by atoms with Crippen molar-refractivity contribution < 1.29 is 35.3 Å². The molecule has 3 aromatic carbocycles. The van der Waals surface area contributed by atoms with Crippen molar-refractivity contribution in [3.63, 3.8) is 0 Å². The molecule has 0 saturated carbocycles. The molecule has 0 fully saturated rings. The van der Waals surface area contributed by atoms with E-state index in [1.165, 1.54) is 12.1 Å². The molecule has 0 heterocycles. The molecular weight excluding hydrogens is 468 g/mol. The Morgan fingerprint density at radius 3 is 1.84 bits per heavy atom. The van der Waals surface area contributed by atoms with Gasteiger partial charge in [-0.2, -0.15) is 26.0 Å². The Hall–Kier alpha value is -2.56. The lowest BCUT2D eigenvalue weighted by molar-refractivity contribution is -0.0946. The van der Waals surface area contributed by atoms with Crippen molar-refractivity contribution in [3.8, 4) is 22.6 Å². The Kier molecular flexibility index (Phi) is 6.60. The van der Waals surface area contributed by atoms with Crippen LogP contribution in [0.2, 0.25) is 0 Å². The number of benzene rings is 3. The van der Waals surface area contributed by atoms with E-state index in [4.69, 9.17) is 9.29 Å². The van der Waals surface area contributed by atoms with Crippen LogP contribution < -0.4 is 4.74 Å². The average Bonchev–Trinajstić information content (AvgIpc) is 2.70. The second-order valence-electron chi connectivity index (χ2n) is 7.05. The van der Waals surface area contributed by atoms with Gasteiger partial charge in [0.1, 0.15) is 11.5 Å². The first kappa shape index (κ1) is 24.1. The largest absolute Gasteiger partial charge is 0.456 e. The van der Waals surface area contributed by atoms with Gasteiger partial charge in [-0.15, -0.1) is 0 Å². The lowest BCUT2D eigenvalue weighted by atomic mass is 10.0. The molecule has 0 aromatic heterocycles. The van der Waals surface area contributed by atoms with E-state index in [1.54, 1.807) is 31.2 Å². The second-order valence-corrected chi connectivity index (χ2v) is 9.67. The van der Waals surface area contributed by atoms with Crippen molar-refractivity contribution >= 4 is 21.9 Å². The summed E-state index contributed by atoms with van der Waals surface area (Å²) in [5, 5.41) is -10.8. The number of hydrogen-bond acceptors (Lipinski definition) is 4. The third-order valence-corrected chi connectivity index (χ3v) is 6.57. The highest BCUT2D eigenvalue weighted by Crippen LogP contribution is 2.51. The number of aryl methyl sites for hydroxylation is 2. The van der Waals surface area contributed by atoms with Crippen molar-refractivity contribution in [3.05, 3.63) is 77.9 Å². The van der Waals surface area contributed by atoms with Gasteiger partial charge < -0.3 is 4.74 Å². The molecule has 170 valence electrons. The first-order chi connectivity index (χ1) is 14.8. The lowest BCUT2D eigenvalue weighted by Gasteiger charge is -2.24. The van der Waals surface area contributed by atoms with Gasteiger partial charge in [-0.3, -0.25) is 4.55 Å². The summed E-state index contributed by atoms with van der Waals surface area (Å²) >= 11 is -0.712. The summed E-state index contributed by atoms with van der Waals surface area (Å²) in [7, 11) is -6.34. The molecule has 0 radical (unpaired) electrons. The monoisotopic (exact) mass is 486 g/mol. The fraction of sp³-hybridized carbons (Fsp3) is 0.182. The minimum Gasteiger partial charge on any atom is -0.456 e. The van der Waals surface area contributed by atoms with Crippen molar-refractivity contribution in [2.75, 3.05) is 0 Å². The SMILES string of the molecule is Cc1ccc(-c2ccc(Oc3cc(C)ccc3SC(F)(F)C(F)(F)S(=O)(=O)O)cc2)cc1. The number of ether oxygens (including phenoxy) is 1. The Balaban J connectivity index is 1.88. The fourth-order valence-electron chi connectivity index (χ4n) is 2.72. The minimum absolute atomic E-state index is 0.163. The summed E-state index contributed by atoms with van der Waals surface area (Å²) in [6.07, 6.45) is 0. The van der Waals surface area contributed by atoms with E-state index in [9.17, 15) is 26.0 Å². The van der Waals surface area contributed by atoms with Gasteiger partial charge in [-0.1, -0.05) is 48.0 Å². The highest BCUT2D eigenvalue weighted by molar-refractivity contribution is 8.01. The van der Waals surface area contributed by atoms with Crippen LogP contribution in [0.25, 0.3) is 11.1 Å². The molecule has 4 nitrogen and oxygen atoms in total. The Labute approximate surface area is 187 Å². The quantitative estimate of drug-likeness (QED) is 0.223. The van der Waals surface area contributed by atoms with Gasteiger partial charge in [0.15, 0.2) is 0 Å². The topological polar surface area (TPSA) is 63.6 Å². The second kappa shape index (κ2) is 8.76. The smallest absolute Gasteiger partial charge is 0.442 e. The zero-order chi connectivity index (χ0) is 23.7. The summed E-state index contributed by atoms with van der Waals surface area (Å²) < 4.78 is 91.1. The first-order valence-electron chi connectivity index (χ1n) is 9.17. The van der Waals surface area contributed by atoms with E-state index in [0.29, 0.717) is 5.56 Å².